The highest BCUT2D eigenvalue weighted by molar-refractivity contribution is 5.87. The number of carbonyl (C=O) groups is 2. The molecule has 0 radical (unpaired) electrons. The number of unbranched alkanes of at least 4 members (excludes halogenated alkanes) is 9. The van der Waals surface area contributed by atoms with Crippen LogP contribution in [0.4, 0.5) is 0 Å². The first-order valence-corrected chi connectivity index (χ1v) is 13.6. The van der Waals surface area contributed by atoms with Crippen molar-refractivity contribution < 1.29 is 19.1 Å². The molecule has 0 aliphatic rings. The van der Waals surface area contributed by atoms with E-state index >= 15 is 0 Å². The number of likely N-dealkylation sites (N-methyl/N-ethyl adjacent to an activating group) is 1. The number of benzene rings is 1. The highest BCUT2D eigenvalue weighted by Gasteiger charge is 2.02. The van der Waals surface area contributed by atoms with Gasteiger partial charge in [0, 0.05) is 17.7 Å². The number of ether oxygens (including phenoxy) is 2. The molecule has 5 heteroatoms. The van der Waals surface area contributed by atoms with Crippen LogP contribution in [0.3, 0.4) is 0 Å². The van der Waals surface area contributed by atoms with Crippen LogP contribution in [0, 0.1) is 0 Å². The average molecular weight is 516 g/mol. The Hall–Kier alpha value is -2.66. The summed E-state index contributed by atoms with van der Waals surface area (Å²) in [5.74, 6) is -0.572. The van der Waals surface area contributed by atoms with Crippen molar-refractivity contribution in [3.63, 3.8) is 0 Å². The van der Waals surface area contributed by atoms with Crippen LogP contribution in [0.1, 0.15) is 90.5 Å². The van der Waals surface area contributed by atoms with Crippen LogP contribution in [-0.2, 0) is 19.1 Å². The number of hydrogen-bond acceptors (Lipinski definition) is 5. The molecule has 37 heavy (non-hydrogen) atoms. The van der Waals surface area contributed by atoms with E-state index in [4.69, 9.17) is 9.47 Å². The van der Waals surface area contributed by atoms with Crippen molar-refractivity contribution in [2.75, 3.05) is 33.9 Å². The van der Waals surface area contributed by atoms with Crippen LogP contribution in [0.25, 0.3) is 6.08 Å². The van der Waals surface area contributed by atoms with Crippen molar-refractivity contribution in [3.8, 4) is 0 Å². The Labute approximate surface area is 227 Å². The number of carbonyl (C=O) groups excluding carboxylic acids is 2. The lowest BCUT2D eigenvalue weighted by Crippen LogP contribution is -2.20. The molecule has 0 atom stereocenters. The smallest absolute Gasteiger partial charge is 0.333 e. The maximum absolute atomic E-state index is 11.1. The van der Waals surface area contributed by atoms with E-state index in [1.165, 1.54) is 63.4 Å². The summed E-state index contributed by atoms with van der Waals surface area (Å²) in [5.41, 5.74) is 2.11. The Morgan fingerprint density at radius 2 is 1.19 bits per heavy atom. The van der Waals surface area contributed by atoms with E-state index in [0.29, 0.717) is 24.4 Å². The van der Waals surface area contributed by atoms with Gasteiger partial charge in [0.15, 0.2) is 0 Å². The third kappa shape index (κ3) is 27.8. The van der Waals surface area contributed by atoms with Crippen molar-refractivity contribution >= 4 is 18.0 Å². The van der Waals surface area contributed by atoms with Gasteiger partial charge in [-0.3, -0.25) is 0 Å². The minimum Gasteiger partial charge on any atom is -0.462 e. The zero-order chi connectivity index (χ0) is 28.3. The van der Waals surface area contributed by atoms with Gasteiger partial charge in [-0.2, -0.15) is 0 Å². The first kappa shape index (κ1) is 36.5. The highest BCUT2D eigenvalue weighted by atomic mass is 16.5. The average Bonchev–Trinajstić information content (AvgIpc) is 2.88. The predicted molar refractivity (Wildman–Crippen MR) is 158 cm³/mol. The first-order valence-electron chi connectivity index (χ1n) is 13.6. The van der Waals surface area contributed by atoms with Crippen LogP contribution in [0.5, 0.6) is 0 Å². The molecular weight excluding hydrogens is 462 g/mol. The topological polar surface area (TPSA) is 55.8 Å². The van der Waals surface area contributed by atoms with Crippen LogP contribution in [-0.4, -0.2) is 50.7 Å². The molecular formula is C32H53NO4. The molecule has 0 aliphatic carbocycles. The maximum Gasteiger partial charge on any atom is 0.333 e. The summed E-state index contributed by atoms with van der Waals surface area (Å²) >= 11 is 0. The van der Waals surface area contributed by atoms with Gasteiger partial charge in [0.1, 0.15) is 6.61 Å². The second kappa shape index (κ2) is 26.4. The SMILES string of the molecule is C=C(C)C(=O)OCCCCCCCCCCCC.C=C(C)C(=O)OCCN(C)C.C=Cc1ccccc1. The maximum atomic E-state index is 11.1. The van der Waals surface area contributed by atoms with Gasteiger partial charge in [0.25, 0.3) is 0 Å². The van der Waals surface area contributed by atoms with Crippen LogP contribution in [0.2, 0.25) is 0 Å². The summed E-state index contributed by atoms with van der Waals surface area (Å²) in [5, 5.41) is 0. The molecule has 0 heterocycles. The standard InChI is InChI=1S/C16H30O2.C8H15NO2.C8H8/c1-4-5-6-7-8-9-10-11-12-13-14-18-16(17)15(2)3;1-7(2)8(10)11-6-5-9(3)4;1-2-8-6-4-3-5-7-8/h2,4-14H2,1,3H3;1,5-6H2,2-4H3;2-7H,1H2. The predicted octanol–water partition coefficient (Wildman–Crippen LogP) is 8.02. The molecule has 1 rings (SSSR count). The molecule has 0 fully saturated rings. The quantitative estimate of drug-likeness (QED) is 0.119. The zero-order valence-electron chi connectivity index (χ0n) is 24.4. The Morgan fingerprint density at radius 1 is 0.757 bits per heavy atom. The Balaban J connectivity index is 0. The Morgan fingerprint density at radius 3 is 1.57 bits per heavy atom. The van der Waals surface area contributed by atoms with Gasteiger partial charge in [0.05, 0.1) is 6.61 Å². The van der Waals surface area contributed by atoms with Crippen molar-refractivity contribution in [1.29, 1.82) is 0 Å². The lowest BCUT2D eigenvalue weighted by Gasteiger charge is -2.09. The summed E-state index contributed by atoms with van der Waals surface area (Å²) in [6, 6.07) is 10.0. The molecule has 0 spiro atoms. The van der Waals surface area contributed by atoms with Crippen molar-refractivity contribution in [2.45, 2.75) is 85.0 Å². The van der Waals surface area contributed by atoms with E-state index in [1.807, 2.05) is 55.4 Å². The Kier molecular flexibility index (Phi) is 26.0. The molecule has 0 aromatic heterocycles. The molecule has 5 nitrogen and oxygen atoms in total. The van der Waals surface area contributed by atoms with Gasteiger partial charge >= 0.3 is 11.9 Å². The van der Waals surface area contributed by atoms with Gasteiger partial charge < -0.3 is 14.4 Å². The first-order chi connectivity index (χ1) is 17.6. The molecule has 0 saturated heterocycles. The largest absolute Gasteiger partial charge is 0.462 e. The lowest BCUT2D eigenvalue weighted by atomic mass is 10.1. The third-order valence-corrected chi connectivity index (χ3v) is 5.23. The van der Waals surface area contributed by atoms with E-state index in [0.717, 1.165) is 13.0 Å². The third-order valence-electron chi connectivity index (χ3n) is 5.23. The van der Waals surface area contributed by atoms with E-state index in [-0.39, 0.29) is 11.9 Å². The van der Waals surface area contributed by atoms with Crippen molar-refractivity contribution in [3.05, 3.63) is 66.8 Å². The fraction of sp³-hybridized carbons (Fsp3) is 0.562. The van der Waals surface area contributed by atoms with Gasteiger partial charge in [-0.15, -0.1) is 0 Å². The second-order valence-electron chi connectivity index (χ2n) is 9.43. The molecule has 0 saturated carbocycles. The van der Waals surface area contributed by atoms with Crippen LogP contribution < -0.4 is 0 Å². The number of rotatable bonds is 17. The van der Waals surface area contributed by atoms with E-state index in [9.17, 15) is 9.59 Å². The normalized spacial score (nSPS) is 9.78. The molecule has 0 bridgehead atoms. The summed E-state index contributed by atoms with van der Waals surface area (Å²) in [6.07, 6.45) is 14.8. The molecule has 0 aliphatic heterocycles. The highest BCUT2D eigenvalue weighted by Crippen LogP contribution is 2.10. The lowest BCUT2D eigenvalue weighted by molar-refractivity contribution is -0.140. The molecule has 0 unspecified atom stereocenters. The fourth-order valence-corrected chi connectivity index (χ4v) is 2.91. The second-order valence-corrected chi connectivity index (χ2v) is 9.43. The zero-order valence-corrected chi connectivity index (χ0v) is 24.4. The number of esters is 2. The summed E-state index contributed by atoms with van der Waals surface area (Å²) in [7, 11) is 3.85. The Bertz CT molecular complexity index is 740. The van der Waals surface area contributed by atoms with Crippen LogP contribution in [0.15, 0.2) is 61.2 Å². The van der Waals surface area contributed by atoms with E-state index in [1.54, 1.807) is 13.8 Å². The van der Waals surface area contributed by atoms with E-state index in [2.05, 4.69) is 26.7 Å². The summed E-state index contributed by atoms with van der Waals surface area (Å²) in [4.78, 5) is 23.8. The monoisotopic (exact) mass is 515 g/mol. The molecule has 1 aromatic rings. The van der Waals surface area contributed by atoms with E-state index < -0.39 is 0 Å². The molecule has 0 N–H and O–H groups in total. The van der Waals surface area contributed by atoms with Gasteiger partial charge in [0.2, 0.25) is 0 Å². The van der Waals surface area contributed by atoms with Gasteiger partial charge in [-0.25, -0.2) is 9.59 Å². The molecule has 1 aromatic carbocycles. The number of nitrogens with zero attached hydrogens (tertiary/aromatic N) is 1. The number of hydrogen-bond donors (Lipinski definition) is 0. The fourth-order valence-electron chi connectivity index (χ4n) is 2.91. The minimum atomic E-state index is -0.313. The van der Waals surface area contributed by atoms with Crippen LogP contribution >= 0.6 is 0 Å². The van der Waals surface area contributed by atoms with Crippen molar-refractivity contribution in [2.24, 2.45) is 0 Å². The summed E-state index contributed by atoms with van der Waals surface area (Å²) in [6.45, 7) is 17.9. The van der Waals surface area contributed by atoms with Crippen molar-refractivity contribution in [1.82, 2.24) is 4.90 Å². The summed E-state index contributed by atoms with van der Waals surface area (Å²) < 4.78 is 9.87. The molecule has 210 valence electrons. The molecule has 0 amide bonds. The minimum absolute atomic E-state index is 0.258. The van der Waals surface area contributed by atoms with Gasteiger partial charge in [-0.1, -0.05) is 121 Å². The van der Waals surface area contributed by atoms with Gasteiger partial charge in [-0.05, 0) is 39.9 Å².